The Bertz CT molecular complexity index is 613. The summed E-state index contributed by atoms with van der Waals surface area (Å²) in [7, 11) is 0. The molecule has 0 fully saturated rings. The van der Waals surface area contributed by atoms with Gasteiger partial charge in [-0.05, 0) is 25.1 Å². The van der Waals surface area contributed by atoms with Crippen molar-refractivity contribution < 1.29 is 13.9 Å². The van der Waals surface area contributed by atoms with Crippen LogP contribution in [0.4, 0.5) is 10.3 Å². The highest BCUT2D eigenvalue weighted by Gasteiger charge is 2.11. The minimum absolute atomic E-state index is 0.0233. The number of ether oxygens (including phenoxy) is 2. The van der Waals surface area contributed by atoms with Gasteiger partial charge in [0.2, 0.25) is 5.95 Å². The quantitative estimate of drug-likeness (QED) is 0.634. The molecule has 0 saturated heterocycles. The van der Waals surface area contributed by atoms with E-state index >= 15 is 0 Å². The predicted molar refractivity (Wildman–Crippen MR) is 73.0 cm³/mol. The van der Waals surface area contributed by atoms with Crippen LogP contribution >= 0.6 is 15.9 Å². The highest BCUT2D eigenvalue weighted by molar-refractivity contribution is 9.10. The van der Waals surface area contributed by atoms with Crippen molar-refractivity contribution >= 4 is 21.9 Å². The third kappa shape index (κ3) is 3.52. The van der Waals surface area contributed by atoms with E-state index < -0.39 is 5.82 Å². The van der Waals surface area contributed by atoms with Crippen LogP contribution in [0.3, 0.4) is 0 Å². The molecular weight excluding hydrogens is 333 g/mol. The summed E-state index contributed by atoms with van der Waals surface area (Å²) in [6.07, 6.45) is 0. The zero-order chi connectivity index (χ0) is 14.5. The highest BCUT2D eigenvalue weighted by atomic mass is 79.9. The van der Waals surface area contributed by atoms with Crippen LogP contribution in [-0.2, 0) is 0 Å². The van der Waals surface area contributed by atoms with Gasteiger partial charge in [-0.1, -0.05) is 15.9 Å². The molecule has 106 valence electrons. The first kappa shape index (κ1) is 14.4. The first-order valence-electron chi connectivity index (χ1n) is 5.60. The van der Waals surface area contributed by atoms with Gasteiger partial charge < -0.3 is 9.47 Å². The largest absolute Gasteiger partial charge is 0.464 e. The molecule has 0 amide bonds. The van der Waals surface area contributed by atoms with Gasteiger partial charge in [-0.15, -0.1) is 4.98 Å². The van der Waals surface area contributed by atoms with Gasteiger partial charge in [-0.25, -0.2) is 10.2 Å². The molecule has 0 unspecified atom stereocenters. The molecule has 0 radical (unpaired) electrons. The lowest BCUT2D eigenvalue weighted by Gasteiger charge is -2.08. The Kier molecular flexibility index (Phi) is 4.64. The van der Waals surface area contributed by atoms with E-state index in [1.165, 1.54) is 12.1 Å². The smallest absolute Gasteiger partial charge is 0.330 e. The van der Waals surface area contributed by atoms with Crippen LogP contribution in [0.15, 0.2) is 22.7 Å². The summed E-state index contributed by atoms with van der Waals surface area (Å²) in [4.78, 5) is 11.6. The number of benzene rings is 1. The van der Waals surface area contributed by atoms with Crippen molar-refractivity contribution in [2.24, 2.45) is 5.84 Å². The van der Waals surface area contributed by atoms with E-state index in [1.54, 1.807) is 13.0 Å². The molecule has 0 aliphatic carbocycles. The van der Waals surface area contributed by atoms with Gasteiger partial charge in [-0.2, -0.15) is 9.97 Å². The summed E-state index contributed by atoms with van der Waals surface area (Å²) in [6.45, 7) is 2.13. The van der Waals surface area contributed by atoms with Crippen molar-refractivity contribution in [2.45, 2.75) is 6.92 Å². The number of nitrogens with zero attached hydrogens (tertiary/aromatic N) is 3. The molecule has 0 aliphatic heterocycles. The Hall–Kier alpha value is -2.00. The Morgan fingerprint density at radius 1 is 1.30 bits per heavy atom. The van der Waals surface area contributed by atoms with Crippen LogP contribution in [-0.4, -0.2) is 21.6 Å². The number of hydrazine groups is 1. The summed E-state index contributed by atoms with van der Waals surface area (Å²) in [5, 5.41) is 0. The van der Waals surface area contributed by atoms with Gasteiger partial charge in [0.05, 0.1) is 6.61 Å². The zero-order valence-corrected chi connectivity index (χ0v) is 12.0. The van der Waals surface area contributed by atoms with E-state index in [2.05, 4.69) is 36.3 Å². The first-order valence-corrected chi connectivity index (χ1v) is 6.40. The SMILES string of the molecule is CCOc1nc(NN)nc(Oc2ccc(Br)cc2F)n1. The van der Waals surface area contributed by atoms with E-state index in [0.717, 1.165) is 0 Å². The van der Waals surface area contributed by atoms with Crippen LogP contribution in [0.5, 0.6) is 17.8 Å². The van der Waals surface area contributed by atoms with Crippen molar-refractivity contribution in [2.75, 3.05) is 12.0 Å². The lowest BCUT2D eigenvalue weighted by atomic mass is 10.3. The van der Waals surface area contributed by atoms with Crippen molar-refractivity contribution in [3.05, 3.63) is 28.5 Å². The molecule has 0 spiro atoms. The molecule has 2 aromatic rings. The van der Waals surface area contributed by atoms with Gasteiger partial charge in [0.1, 0.15) is 0 Å². The number of rotatable bonds is 5. The van der Waals surface area contributed by atoms with Gasteiger partial charge in [-0.3, -0.25) is 5.43 Å². The summed E-state index contributed by atoms with van der Waals surface area (Å²) >= 11 is 3.15. The second-order valence-electron chi connectivity index (χ2n) is 3.48. The third-order valence-corrected chi connectivity index (χ3v) is 2.59. The molecule has 0 aliphatic rings. The Morgan fingerprint density at radius 2 is 2.05 bits per heavy atom. The Labute approximate surface area is 122 Å². The Balaban J connectivity index is 2.29. The summed E-state index contributed by atoms with van der Waals surface area (Å²) in [5.74, 6) is 4.71. The van der Waals surface area contributed by atoms with E-state index in [1.807, 2.05) is 0 Å². The zero-order valence-electron chi connectivity index (χ0n) is 10.4. The number of nitrogens with two attached hydrogens (primary N) is 1. The number of aromatic nitrogens is 3. The minimum atomic E-state index is -0.556. The number of hydrogen-bond acceptors (Lipinski definition) is 7. The number of halogens is 2. The molecule has 0 bridgehead atoms. The van der Waals surface area contributed by atoms with E-state index in [0.29, 0.717) is 11.1 Å². The molecule has 1 aromatic carbocycles. The molecule has 1 aromatic heterocycles. The number of nitrogen functional groups attached to an aromatic ring is 1. The van der Waals surface area contributed by atoms with Gasteiger partial charge in [0, 0.05) is 4.47 Å². The molecule has 7 nitrogen and oxygen atoms in total. The second-order valence-corrected chi connectivity index (χ2v) is 4.39. The standard InChI is InChI=1S/C11H11BrFN5O2/c1-2-19-10-15-9(18-14)16-11(17-10)20-8-4-3-6(12)5-7(8)13/h3-5H,2,14H2,1H3,(H,15,16,17,18). The van der Waals surface area contributed by atoms with E-state index in [-0.39, 0.29) is 23.7 Å². The van der Waals surface area contributed by atoms with E-state index in [4.69, 9.17) is 15.3 Å². The summed E-state index contributed by atoms with van der Waals surface area (Å²) < 4.78 is 24.7. The van der Waals surface area contributed by atoms with Crippen molar-refractivity contribution in [3.63, 3.8) is 0 Å². The van der Waals surface area contributed by atoms with Crippen LogP contribution in [0.25, 0.3) is 0 Å². The number of hydrogen-bond donors (Lipinski definition) is 2. The summed E-state index contributed by atoms with van der Waals surface area (Å²) in [6, 6.07) is 4.24. The fourth-order valence-electron chi connectivity index (χ4n) is 1.30. The maximum atomic E-state index is 13.7. The molecule has 9 heteroatoms. The maximum Gasteiger partial charge on any atom is 0.330 e. The lowest BCUT2D eigenvalue weighted by Crippen LogP contribution is -2.13. The molecular formula is C11H11BrFN5O2. The highest BCUT2D eigenvalue weighted by Crippen LogP contribution is 2.25. The molecule has 2 rings (SSSR count). The first-order chi connectivity index (χ1) is 9.62. The van der Waals surface area contributed by atoms with Crippen molar-refractivity contribution in [1.82, 2.24) is 15.0 Å². The fraction of sp³-hybridized carbons (Fsp3) is 0.182. The van der Waals surface area contributed by atoms with Gasteiger partial charge in [0.15, 0.2) is 11.6 Å². The normalized spacial score (nSPS) is 10.2. The molecule has 0 atom stereocenters. The molecule has 1 heterocycles. The lowest BCUT2D eigenvalue weighted by molar-refractivity contribution is 0.302. The van der Waals surface area contributed by atoms with Crippen LogP contribution in [0, 0.1) is 5.82 Å². The van der Waals surface area contributed by atoms with Crippen molar-refractivity contribution in [1.29, 1.82) is 0 Å². The number of nitrogens with one attached hydrogen (secondary N) is 1. The van der Waals surface area contributed by atoms with Crippen LogP contribution in [0.1, 0.15) is 6.92 Å². The van der Waals surface area contributed by atoms with Crippen molar-refractivity contribution in [3.8, 4) is 17.8 Å². The molecule has 20 heavy (non-hydrogen) atoms. The van der Waals surface area contributed by atoms with E-state index in [9.17, 15) is 4.39 Å². The maximum absolute atomic E-state index is 13.7. The second kappa shape index (κ2) is 6.44. The molecule has 3 N–H and O–H groups in total. The van der Waals surface area contributed by atoms with Gasteiger partial charge >= 0.3 is 12.0 Å². The fourth-order valence-corrected chi connectivity index (χ4v) is 1.63. The topological polar surface area (TPSA) is 95.2 Å². The average Bonchev–Trinajstić information content (AvgIpc) is 2.42. The van der Waals surface area contributed by atoms with Crippen LogP contribution in [0.2, 0.25) is 0 Å². The monoisotopic (exact) mass is 343 g/mol. The van der Waals surface area contributed by atoms with Gasteiger partial charge in [0.25, 0.3) is 0 Å². The molecule has 0 saturated carbocycles. The Morgan fingerprint density at radius 3 is 2.70 bits per heavy atom. The summed E-state index contributed by atoms with van der Waals surface area (Å²) in [5.41, 5.74) is 2.25. The third-order valence-electron chi connectivity index (χ3n) is 2.09. The minimum Gasteiger partial charge on any atom is -0.464 e. The predicted octanol–water partition coefficient (Wildman–Crippen LogP) is 2.25. The average molecular weight is 344 g/mol. The van der Waals surface area contributed by atoms with Crippen LogP contribution < -0.4 is 20.7 Å². The number of anilines is 1.